The molecule has 0 aliphatic carbocycles. The standard InChI is InChI=1S/C31H40N4/c1-11-24-26(22(9)34-30(24)14-28-18(5)16(3)20(7)32-28)13-27-23(10)35-31(25(27)12-2)15-29-19(6)17(4)21(8)33-29/h14-15,34-35H,11-13H2,1-10H3/b28-14-,29-15-. The van der Waals surface area contributed by atoms with Crippen molar-refractivity contribution in [3.05, 3.63) is 78.7 Å². The molecule has 4 heteroatoms. The van der Waals surface area contributed by atoms with E-state index in [0.29, 0.717) is 0 Å². The average Bonchev–Trinajstić information content (AvgIpc) is 3.45. The molecule has 0 saturated heterocycles. The molecular weight excluding hydrogens is 428 g/mol. The number of nitrogens with one attached hydrogen (secondary N) is 2. The molecule has 2 aromatic rings. The van der Waals surface area contributed by atoms with E-state index in [1.165, 1.54) is 67.3 Å². The molecule has 0 aromatic carbocycles. The molecule has 2 N–H and O–H groups in total. The Kier molecular flexibility index (Phi) is 6.77. The number of nitrogens with zero attached hydrogens (tertiary/aromatic N) is 2. The van der Waals surface area contributed by atoms with Gasteiger partial charge in [-0.05, 0) is 125 Å². The van der Waals surface area contributed by atoms with Crippen LogP contribution in [0.2, 0.25) is 0 Å². The molecule has 2 aliphatic rings. The van der Waals surface area contributed by atoms with Crippen molar-refractivity contribution in [3.8, 4) is 0 Å². The van der Waals surface area contributed by atoms with E-state index in [4.69, 9.17) is 9.98 Å². The summed E-state index contributed by atoms with van der Waals surface area (Å²) >= 11 is 0. The van der Waals surface area contributed by atoms with Gasteiger partial charge < -0.3 is 9.97 Å². The van der Waals surface area contributed by atoms with Crippen molar-refractivity contribution >= 4 is 23.6 Å². The van der Waals surface area contributed by atoms with Crippen LogP contribution >= 0.6 is 0 Å². The summed E-state index contributed by atoms with van der Waals surface area (Å²) in [5.74, 6) is 0. The molecule has 0 spiro atoms. The summed E-state index contributed by atoms with van der Waals surface area (Å²) in [6.45, 7) is 21.8. The zero-order chi connectivity index (χ0) is 25.6. The Morgan fingerprint density at radius 1 is 0.543 bits per heavy atom. The van der Waals surface area contributed by atoms with E-state index >= 15 is 0 Å². The molecule has 0 amide bonds. The fourth-order valence-electron chi connectivity index (χ4n) is 5.37. The molecule has 2 aliphatic heterocycles. The molecule has 0 fully saturated rings. The van der Waals surface area contributed by atoms with E-state index in [1.54, 1.807) is 0 Å². The highest BCUT2D eigenvalue weighted by Gasteiger charge is 2.21. The van der Waals surface area contributed by atoms with Crippen LogP contribution in [0.5, 0.6) is 0 Å². The third-order valence-electron chi connectivity index (χ3n) is 8.11. The summed E-state index contributed by atoms with van der Waals surface area (Å²) in [5.41, 5.74) is 20.0. The molecule has 35 heavy (non-hydrogen) atoms. The molecule has 0 bridgehead atoms. The minimum Gasteiger partial charge on any atom is -0.359 e. The van der Waals surface area contributed by atoms with Gasteiger partial charge in [0, 0.05) is 40.6 Å². The van der Waals surface area contributed by atoms with Gasteiger partial charge in [-0.15, -0.1) is 0 Å². The first-order chi connectivity index (χ1) is 16.6. The molecule has 4 heterocycles. The van der Waals surface area contributed by atoms with Gasteiger partial charge in [0.2, 0.25) is 0 Å². The van der Waals surface area contributed by atoms with Crippen LogP contribution in [-0.2, 0) is 19.3 Å². The van der Waals surface area contributed by atoms with E-state index in [0.717, 1.165) is 42.1 Å². The first-order valence-corrected chi connectivity index (χ1v) is 12.9. The van der Waals surface area contributed by atoms with Gasteiger partial charge in [0.15, 0.2) is 0 Å². The Hall–Kier alpha value is -3.14. The van der Waals surface area contributed by atoms with E-state index < -0.39 is 0 Å². The normalized spacial score (nSPS) is 18.6. The number of aromatic amines is 2. The van der Waals surface area contributed by atoms with Crippen molar-refractivity contribution in [1.29, 1.82) is 0 Å². The summed E-state index contributed by atoms with van der Waals surface area (Å²) in [4.78, 5) is 17.0. The second-order valence-electron chi connectivity index (χ2n) is 10.1. The predicted octanol–water partition coefficient (Wildman–Crippen LogP) is 7.98. The Labute approximate surface area is 210 Å². The van der Waals surface area contributed by atoms with Crippen LogP contribution in [0.15, 0.2) is 43.7 Å². The molecule has 4 nitrogen and oxygen atoms in total. The second-order valence-corrected chi connectivity index (χ2v) is 10.1. The van der Waals surface area contributed by atoms with Crippen molar-refractivity contribution < 1.29 is 0 Å². The summed E-state index contributed by atoms with van der Waals surface area (Å²) in [6, 6.07) is 0. The van der Waals surface area contributed by atoms with Gasteiger partial charge in [0.25, 0.3) is 0 Å². The lowest BCUT2D eigenvalue weighted by molar-refractivity contribution is 1.02. The van der Waals surface area contributed by atoms with Crippen molar-refractivity contribution in [1.82, 2.24) is 9.97 Å². The smallest absolute Gasteiger partial charge is 0.0686 e. The number of allylic oxidation sites excluding steroid dienone is 4. The maximum atomic E-state index is 4.81. The number of H-pyrrole nitrogens is 2. The van der Waals surface area contributed by atoms with Gasteiger partial charge in [-0.25, -0.2) is 0 Å². The molecule has 0 atom stereocenters. The Bertz CT molecular complexity index is 1280. The Morgan fingerprint density at radius 3 is 1.20 bits per heavy atom. The maximum Gasteiger partial charge on any atom is 0.0686 e. The van der Waals surface area contributed by atoms with Gasteiger partial charge in [-0.2, -0.15) is 0 Å². The van der Waals surface area contributed by atoms with E-state index in [2.05, 4.69) is 91.4 Å². The summed E-state index contributed by atoms with van der Waals surface area (Å²) in [6.07, 6.45) is 7.38. The van der Waals surface area contributed by atoms with Crippen molar-refractivity contribution in [3.63, 3.8) is 0 Å². The largest absolute Gasteiger partial charge is 0.359 e. The number of aliphatic imine (C=N–C) groups is 2. The SMILES string of the molecule is CCc1c(/C=C2\N=C(C)C(C)=C2C)[nH]c(C)c1Cc1c(C)[nH]c(/C=C2\N=C(C)C(C)=C2C)c1CC. The van der Waals surface area contributed by atoms with Crippen LogP contribution in [0.4, 0.5) is 0 Å². The summed E-state index contributed by atoms with van der Waals surface area (Å²) in [5, 5.41) is 0. The minimum atomic E-state index is 0.926. The van der Waals surface area contributed by atoms with Crippen LogP contribution < -0.4 is 0 Å². The van der Waals surface area contributed by atoms with E-state index in [1.807, 2.05) is 0 Å². The molecule has 0 radical (unpaired) electrons. The number of hydrogen-bond acceptors (Lipinski definition) is 2. The third-order valence-corrected chi connectivity index (χ3v) is 8.11. The zero-order valence-corrected chi connectivity index (χ0v) is 23.2. The van der Waals surface area contributed by atoms with Crippen LogP contribution in [-0.4, -0.2) is 21.4 Å². The van der Waals surface area contributed by atoms with Gasteiger partial charge >= 0.3 is 0 Å². The van der Waals surface area contributed by atoms with Gasteiger partial charge in [-0.3, -0.25) is 9.98 Å². The van der Waals surface area contributed by atoms with Gasteiger partial charge in [0.1, 0.15) is 0 Å². The minimum absolute atomic E-state index is 0.926. The van der Waals surface area contributed by atoms with Crippen molar-refractivity contribution in [2.45, 2.75) is 88.5 Å². The van der Waals surface area contributed by atoms with Crippen LogP contribution in [0.25, 0.3) is 12.2 Å². The molecule has 0 unspecified atom stereocenters. The lowest BCUT2D eigenvalue weighted by Gasteiger charge is -2.08. The number of aryl methyl sites for hydroxylation is 2. The lowest BCUT2D eigenvalue weighted by atomic mass is 9.94. The Morgan fingerprint density at radius 2 is 0.914 bits per heavy atom. The highest BCUT2D eigenvalue weighted by molar-refractivity contribution is 6.04. The Balaban J connectivity index is 1.75. The number of hydrogen-bond donors (Lipinski definition) is 2. The quantitative estimate of drug-likeness (QED) is 0.432. The molecule has 2 aromatic heterocycles. The fourth-order valence-corrected chi connectivity index (χ4v) is 5.37. The average molecular weight is 469 g/mol. The molecule has 0 saturated carbocycles. The van der Waals surface area contributed by atoms with Crippen LogP contribution in [0.3, 0.4) is 0 Å². The summed E-state index contributed by atoms with van der Waals surface area (Å²) in [7, 11) is 0. The van der Waals surface area contributed by atoms with Crippen molar-refractivity contribution in [2.24, 2.45) is 9.98 Å². The van der Waals surface area contributed by atoms with Gasteiger partial charge in [0.05, 0.1) is 11.4 Å². The second kappa shape index (κ2) is 9.49. The van der Waals surface area contributed by atoms with Crippen LogP contribution in [0.1, 0.15) is 100 Å². The van der Waals surface area contributed by atoms with Crippen LogP contribution in [0, 0.1) is 13.8 Å². The first-order valence-electron chi connectivity index (χ1n) is 12.9. The highest BCUT2D eigenvalue weighted by Crippen LogP contribution is 2.33. The number of aromatic nitrogens is 2. The number of rotatable bonds is 6. The highest BCUT2D eigenvalue weighted by atomic mass is 14.8. The monoisotopic (exact) mass is 468 g/mol. The molecule has 4 rings (SSSR count). The first kappa shape index (κ1) is 25.0. The zero-order valence-electron chi connectivity index (χ0n) is 23.2. The fraction of sp³-hybridized carbons (Fsp3) is 0.419. The lowest BCUT2D eigenvalue weighted by Crippen LogP contribution is -1.98. The third kappa shape index (κ3) is 4.35. The molecular formula is C31H40N4. The van der Waals surface area contributed by atoms with Crippen molar-refractivity contribution in [2.75, 3.05) is 0 Å². The molecule has 184 valence electrons. The topological polar surface area (TPSA) is 56.3 Å². The predicted molar refractivity (Wildman–Crippen MR) is 152 cm³/mol. The van der Waals surface area contributed by atoms with E-state index in [-0.39, 0.29) is 0 Å². The maximum absolute atomic E-state index is 4.81. The van der Waals surface area contributed by atoms with Gasteiger partial charge in [-0.1, -0.05) is 13.8 Å². The van der Waals surface area contributed by atoms with E-state index in [9.17, 15) is 0 Å². The summed E-state index contributed by atoms with van der Waals surface area (Å²) < 4.78 is 0.